The van der Waals surface area contributed by atoms with E-state index in [0.717, 1.165) is 5.69 Å². The lowest BCUT2D eigenvalue weighted by molar-refractivity contribution is 0.281. The van der Waals surface area contributed by atoms with Crippen LogP contribution in [-0.4, -0.2) is 17.1 Å². The SMILES string of the molecule is Cc1ccc(N(C)c2ncc(CO)cc2Cl)c(C)c1. The van der Waals surface area contributed by atoms with Gasteiger partial charge in [0.1, 0.15) is 0 Å². The molecular weight excluding hydrogens is 260 g/mol. The van der Waals surface area contributed by atoms with Gasteiger partial charge in [-0.15, -0.1) is 0 Å². The molecule has 0 radical (unpaired) electrons. The smallest absolute Gasteiger partial charge is 0.151 e. The van der Waals surface area contributed by atoms with E-state index in [4.69, 9.17) is 16.7 Å². The van der Waals surface area contributed by atoms with Crippen molar-refractivity contribution in [3.8, 4) is 0 Å². The topological polar surface area (TPSA) is 36.4 Å². The first-order valence-electron chi connectivity index (χ1n) is 6.09. The summed E-state index contributed by atoms with van der Waals surface area (Å²) in [4.78, 5) is 6.28. The quantitative estimate of drug-likeness (QED) is 0.930. The van der Waals surface area contributed by atoms with Gasteiger partial charge < -0.3 is 10.0 Å². The zero-order chi connectivity index (χ0) is 14.0. The van der Waals surface area contributed by atoms with Crippen LogP contribution in [0.1, 0.15) is 16.7 Å². The highest BCUT2D eigenvalue weighted by molar-refractivity contribution is 6.33. The second-order valence-corrected chi connectivity index (χ2v) is 5.06. The van der Waals surface area contributed by atoms with E-state index in [1.165, 1.54) is 11.1 Å². The number of aromatic nitrogens is 1. The van der Waals surface area contributed by atoms with Crippen LogP contribution < -0.4 is 4.90 Å². The normalized spacial score (nSPS) is 10.6. The first kappa shape index (κ1) is 13.8. The van der Waals surface area contributed by atoms with Crippen LogP contribution in [0.3, 0.4) is 0 Å². The Hall–Kier alpha value is -1.58. The zero-order valence-corrected chi connectivity index (χ0v) is 12.1. The number of hydrogen-bond donors (Lipinski definition) is 1. The second kappa shape index (κ2) is 5.59. The minimum Gasteiger partial charge on any atom is -0.392 e. The summed E-state index contributed by atoms with van der Waals surface area (Å²) in [5.74, 6) is 0.686. The predicted octanol–water partition coefficient (Wildman–Crippen LogP) is 3.61. The second-order valence-electron chi connectivity index (χ2n) is 4.66. The molecule has 100 valence electrons. The van der Waals surface area contributed by atoms with Crippen molar-refractivity contribution >= 4 is 23.1 Å². The molecule has 0 amide bonds. The highest BCUT2D eigenvalue weighted by Gasteiger charge is 2.12. The zero-order valence-electron chi connectivity index (χ0n) is 11.3. The van der Waals surface area contributed by atoms with Gasteiger partial charge in [-0.05, 0) is 37.1 Å². The fourth-order valence-electron chi connectivity index (χ4n) is 2.10. The van der Waals surface area contributed by atoms with Gasteiger partial charge in [-0.1, -0.05) is 29.3 Å². The molecular formula is C15H17ClN2O. The standard InChI is InChI=1S/C15H17ClN2O/c1-10-4-5-14(11(2)6-10)18(3)15-13(16)7-12(9-19)8-17-15/h4-8,19H,9H2,1-3H3. The molecule has 0 atom stereocenters. The molecule has 1 heterocycles. The molecule has 1 aromatic carbocycles. The third-order valence-electron chi connectivity index (χ3n) is 3.09. The van der Waals surface area contributed by atoms with Crippen LogP contribution in [0.15, 0.2) is 30.5 Å². The Morgan fingerprint density at radius 3 is 2.58 bits per heavy atom. The molecule has 4 heteroatoms. The molecule has 0 fully saturated rings. The molecule has 0 spiro atoms. The van der Waals surface area contributed by atoms with Crippen molar-refractivity contribution in [2.45, 2.75) is 20.5 Å². The maximum atomic E-state index is 9.07. The minimum atomic E-state index is -0.0553. The van der Waals surface area contributed by atoms with E-state index in [2.05, 4.69) is 37.0 Å². The van der Waals surface area contributed by atoms with Crippen molar-refractivity contribution in [3.05, 3.63) is 52.2 Å². The first-order valence-corrected chi connectivity index (χ1v) is 6.47. The minimum absolute atomic E-state index is 0.0553. The van der Waals surface area contributed by atoms with Gasteiger partial charge in [0.05, 0.1) is 11.6 Å². The van der Waals surface area contributed by atoms with Crippen LogP contribution in [0, 0.1) is 13.8 Å². The van der Waals surface area contributed by atoms with Crippen LogP contribution in [0.2, 0.25) is 5.02 Å². The van der Waals surface area contributed by atoms with Crippen LogP contribution in [0.5, 0.6) is 0 Å². The highest BCUT2D eigenvalue weighted by atomic mass is 35.5. The molecule has 0 bridgehead atoms. The average Bonchev–Trinajstić information content (AvgIpc) is 2.37. The first-order chi connectivity index (χ1) is 9.02. The van der Waals surface area contributed by atoms with Gasteiger partial charge in [0.25, 0.3) is 0 Å². The number of hydrogen-bond acceptors (Lipinski definition) is 3. The summed E-state index contributed by atoms with van der Waals surface area (Å²) in [5, 5.41) is 9.61. The third-order valence-corrected chi connectivity index (χ3v) is 3.37. The summed E-state index contributed by atoms with van der Waals surface area (Å²) >= 11 is 6.22. The van der Waals surface area contributed by atoms with Crippen LogP contribution in [0.4, 0.5) is 11.5 Å². The number of anilines is 2. The summed E-state index contributed by atoms with van der Waals surface area (Å²) in [7, 11) is 1.94. The molecule has 3 nitrogen and oxygen atoms in total. The highest BCUT2D eigenvalue weighted by Crippen LogP contribution is 2.31. The Balaban J connectivity index is 2.41. The van der Waals surface area contributed by atoms with Gasteiger partial charge in [0.2, 0.25) is 0 Å². The van der Waals surface area contributed by atoms with E-state index in [-0.39, 0.29) is 6.61 Å². The third kappa shape index (κ3) is 2.88. The van der Waals surface area contributed by atoms with E-state index >= 15 is 0 Å². The Bertz CT molecular complexity index is 599. The van der Waals surface area contributed by atoms with Gasteiger partial charge in [0, 0.05) is 18.9 Å². The lowest BCUT2D eigenvalue weighted by Gasteiger charge is -2.22. The number of aryl methyl sites for hydroxylation is 2. The van der Waals surface area contributed by atoms with Crippen LogP contribution >= 0.6 is 11.6 Å². The fourth-order valence-corrected chi connectivity index (χ4v) is 2.42. The molecule has 19 heavy (non-hydrogen) atoms. The summed E-state index contributed by atoms with van der Waals surface area (Å²) in [5.41, 5.74) is 4.18. The number of benzene rings is 1. The molecule has 0 aliphatic carbocycles. The van der Waals surface area contributed by atoms with E-state index < -0.39 is 0 Å². The Labute approximate surface area is 118 Å². The average molecular weight is 277 g/mol. The van der Waals surface area contributed by atoms with Crippen molar-refractivity contribution in [1.82, 2.24) is 4.98 Å². The summed E-state index contributed by atoms with van der Waals surface area (Å²) in [6.45, 7) is 4.08. The predicted molar refractivity (Wildman–Crippen MR) is 79.1 cm³/mol. The lowest BCUT2D eigenvalue weighted by Crippen LogP contribution is -2.13. The van der Waals surface area contributed by atoms with Crippen molar-refractivity contribution in [2.24, 2.45) is 0 Å². The van der Waals surface area contributed by atoms with Gasteiger partial charge >= 0.3 is 0 Å². The summed E-state index contributed by atoms with van der Waals surface area (Å²) in [6.07, 6.45) is 1.64. The molecule has 0 aliphatic heterocycles. The number of halogens is 1. The van der Waals surface area contributed by atoms with E-state index in [0.29, 0.717) is 16.4 Å². The van der Waals surface area contributed by atoms with E-state index in [9.17, 15) is 0 Å². The van der Waals surface area contributed by atoms with Crippen molar-refractivity contribution in [3.63, 3.8) is 0 Å². The van der Waals surface area contributed by atoms with Crippen LogP contribution in [-0.2, 0) is 6.61 Å². The maximum Gasteiger partial charge on any atom is 0.151 e. The number of pyridine rings is 1. The van der Waals surface area contributed by atoms with Gasteiger partial charge in [-0.2, -0.15) is 0 Å². The molecule has 2 aromatic rings. The molecule has 0 saturated carbocycles. The van der Waals surface area contributed by atoms with Crippen LogP contribution in [0.25, 0.3) is 0 Å². The molecule has 0 aliphatic rings. The van der Waals surface area contributed by atoms with Gasteiger partial charge in [-0.3, -0.25) is 0 Å². The van der Waals surface area contributed by atoms with Crippen molar-refractivity contribution in [1.29, 1.82) is 0 Å². The van der Waals surface area contributed by atoms with Gasteiger partial charge in [0.15, 0.2) is 5.82 Å². The fraction of sp³-hybridized carbons (Fsp3) is 0.267. The summed E-state index contributed by atoms with van der Waals surface area (Å²) < 4.78 is 0. The molecule has 2 rings (SSSR count). The van der Waals surface area contributed by atoms with Crippen molar-refractivity contribution < 1.29 is 5.11 Å². The number of rotatable bonds is 3. The monoisotopic (exact) mass is 276 g/mol. The molecule has 0 saturated heterocycles. The largest absolute Gasteiger partial charge is 0.392 e. The van der Waals surface area contributed by atoms with Gasteiger partial charge in [-0.25, -0.2) is 4.98 Å². The lowest BCUT2D eigenvalue weighted by atomic mass is 10.1. The molecule has 1 aromatic heterocycles. The molecule has 1 N–H and O–H groups in total. The maximum absolute atomic E-state index is 9.07. The number of aliphatic hydroxyl groups is 1. The van der Waals surface area contributed by atoms with Crippen molar-refractivity contribution in [2.75, 3.05) is 11.9 Å². The molecule has 0 unspecified atom stereocenters. The Kier molecular flexibility index (Phi) is 4.08. The number of nitrogens with zero attached hydrogens (tertiary/aromatic N) is 2. The Morgan fingerprint density at radius 1 is 1.26 bits per heavy atom. The summed E-state index contributed by atoms with van der Waals surface area (Å²) in [6, 6.07) is 7.99. The number of aliphatic hydroxyl groups excluding tert-OH is 1. The van der Waals surface area contributed by atoms with E-state index in [1.54, 1.807) is 12.3 Å². The van der Waals surface area contributed by atoms with E-state index in [1.807, 2.05) is 11.9 Å². The Morgan fingerprint density at radius 2 is 2.00 bits per heavy atom.